The Kier molecular flexibility index (Phi) is 6.44. The van der Waals surface area contributed by atoms with E-state index in [9.17, 15) is 4.79 Å². The molecule has 0 heterocycles. The molecular weight excluding hydrogens is 152 g/mol. The number of carbonyl (C=O) groups is 1. The summed E-state index contributed by atoms with van der Waals surface area (Å²) >= 11 is 0. The summed E-state index contributed by atoms with van der Waals surface area (Å²) in [7, 11) is 0. The van der Waals surface area contributed by atoms with Crippen LogP contribution in [0, 0.1) is 12.8 Å². The molecule has 2 nitrogen and oxygen atoms in total. The maximum absolute atomic E-state index is 10.6. The van der Waals surface area contributed by atoms with Crippen LogP contribution in [-0.2, 0) is 9.53 Å². The molecule has 0 aromatic heterocycles. The second kappa shape index (κ2) is 6.89. The summed E-state index contributed by atoms with van der Waals surface area (Å²) in [4.78, 5) is 10.6. The van der Waals surface area contributed by atoms with Crippen LogP contribution in [-0.4, -0.2) is 12.6 Å². The molecule has 0 N–H and O–H groups in total. The summed E-state index contributed by atoms with van der Waals surface area (Å²) in [6.45, 7) is 9.73. The third-order valence-corrected chi connectivity index (χ3v) is 1.75. The Morgan fingerprint density at radius 1 is 1.67 bits per heavy atom. The molecule has 1 radical (unpaired) electrons. The SMILES string of the molecule is [CH2]CC(C)CCCOC(=O)C=C. The molecule has 0 fully saturated rings. The highest BCUT2D eigenvalue weighted by atomic mass is 16.5. The maximum Gasteiger partial charge on any atom is 0.330 e. The maximum atomic E-state index is 10.6. The molecule has 69 valence electrons. The minimum absolute atomic E-state index is 0.336. The van der Waals surface area contributed by atoms with Crippen LogP contribution in [0.4, 0.5) is 0 Å². The number of hydrogen-bond acceptors (Lipinski definition) is 2. The van der Waals surface area contributed by atoms with E-state index >= 15 is 0 Å². The number of rotatable bonds is 6. The van der Waals surface area contributed by atoms with E-state index < -0.39 is 0 Å². The van der Waals surface area contributed by atoms with Gasteiger partial charge in [-0.15, -0.1) is 0 Å². The van der Waals surface area contributed by atoms with Gasteiger partial charge in [0.05, 0.1) is 6.61 Å². The Bertz CT molecular complexity index is 141. The van der Waals surface area contributed by atoms with Gasteiger partial charge in [0.25, 0.3) is 0 Å². The lowest BCUT2D eigenvalue weighted by molar-refractivity contribution is -0.137. The molecule has 0 spiro atoms. The second-order valence-corrected chi connectivity index (χ2v) is 2.91. The first kappa shape index (κ1) is 11.2. The van der Waals surface area contributed by atoms with E-state index in [1.165, 1.54) is 6.08 Å². The molecule has 0 aromatic carbocycles. The highest BCUT2D eigenvalue weighted by Crippen LogP contribution is 2.08. The van der Waals surface area contributed by atoms with E-state index in [4.69, 9.17) is 4.74 Å². The predicted molar refractivity (Wildman–Crippen MR) is 49.5 cm³/mol. The zero-order chi connectivity index (χ0) is 9.40. The molecule has 1 atom stereocenters. The van der Waals surface area contributed by atoms with Crippen molar-refractivity contribution in [3.63, 3.8) is 0 Å². The van der Waals surface area contributed by atoms with Crippen LogP contribution in [0.1, 0.15) is 26.2 Å². The summed E-state index contributed by atoms with van der Waals surface area (Å²) in [6, 6.07) is 0. The molecule has 0 rings (SSSR count). The molecule has 0 bridgehead atoms. The zero-order valence-corrected chi connectivity index (χ0v) is 7.71. The fraction of sp³-hybridized carbons (Fsp3) is 0.600. The predicted octanol–water partition coefficient (Wildman–Crippen LogP) is 2.36. The van der Waals surface area contributed by atoms with Crippen LogP contribution in [0.15, 0.2) is 12.7 Å². The van der Waals surface area contributed by atoms with Crippen molar-refractivity contribution in [1.82, 2.24) is 0 Å². The van der Waals surface area contributed by atoms with Gasteiger partial charge >= 0.3 is 5.97 Å². The van der Waals surface area contributed by atoms with E-state index in [1.54, 1.807) is 0 Å². The molecule has 2 heteroatoms. The summed E-state index contributed by atoms with van der Waals surface area (Å²) in [5.74, 6) is 0.282. The molecule has 0 aliphatic carbocycles. The Morgan fingerprint density at radius 2 is 2.33 bits per heavy atom. The van der Waals surface area contributed by atoms with E-state index in [-0.39, 0.29) is 5.97 Å². The van der Waals surface area contributed by atoms with Gasteiger partial charge in [0, 0.05) is 6.08 Å². The minimum Gasteiger partial charge on any atom is -0.463 e. The minimum atomic E-state index is -0.336. The summed E-state index contributed by atoms with van der Waals surface area (Å²) in [5.41, 5.74) is 0. The van der Waals surface area contributed by atoms with Crippen molar-refractivity contribution in [2.45, 2.75) is 26.2 Å². The van der Waals surface area contributed by atoms with Gasteiger partial charge in [0.1, 0.15) is 0 Å². The largest absolute Gasteiger partial charge is 0.463 e. The van der Waals surface area contributed by atoms with Crippen molar-refractivity contribution in [3.8, 4) is 0 Å². The van der Waals surface area contributed by atoms with Gasteiger partial charge in [0.2, 0.25) is 0 Å². The van der Waals surface area contributed by atoms with Gasteiger partial charge < -0.3 is 4.74 Å². The highest BCUT2D eigenvalue weighted by Gasteiger charge is 1.99. The van der Waals surface area contributed by atoms with Crippen LogP contribution in [0.5, 0.6) is 0 Å². The van der Waals surface area contributed by atoms with Crippen molar-refractivity contribution in [1.29, 1.82) is 0 Å². The Labute approximate surface area is 74.6 Å². The van der Waals surface area contributed by atoms with Crippen LogP contribution in [0.3, 0.4) is 0 Å². The molecule has 12 heavy (non-hydrogen) atoms. The van der Waals surface area contributed by atoms with Crippen LogP contribution in [0.25, 0.3) is 0 Å². The first-order valence-corrected chi connectivity index (χ1v) is 4.29. The molecule has 0 aromatic rings. The lowest BCUT2D eigenvalue weighted by Crippen LogP contribution is -2.03. The Balaban J connectivity index is 3.21. The number of ether oxygens (including phenoxy) is 1. The molecule has 1 unspecified atom stereocenters. The first-order chi connectivity index (χ1) is 5.70. The highest BCUT2D eigenvalue weighted by molar-refractivity contribution is 5.81. The zero-order valence-electron chi connectivity index (χ0n) is 7.71. The summed E-state index contributed by atoms with van der Waals surface area (Å²) in [6.07, 6.45) is 4.10. The first-order valence-electron chi connectivity index (χ1n) is 4.29. The van der Waals surface area contributed by atoms with Crippen LogP contribution < -0.4 is 0 Å². The number of carbonyl (C=O) groups excluding carboxylic acids is 1. The Hall–Kier alpha value is -0.790. The fourth-order valence-electron chi connectivity index (χ4n) is 0.808. The van der Waals surface area contributed by atoms with Crippen molar-refractivity contribution in [3.05, 3.63) is 19.6 Å². The average molecular weight is 169 g/mol. The van der Waals surface area contributed by atoms with Crippen molar-refractivity contribution >= 4 is 5.97 Å². The topological polar surface area (TPSA) is 26.3 Å². The fourth-order valence-corrected chi connectivity index (χ4v) is 0.808. The second-order valence-electron chi connectivity index (χ2n) is 2.91. The quantitative estimate of drug-likeness (QED) is 0.346. The van der Waals surface area contributed by atoms with Gasteiger partial charge in [-0.25, -0.2) is 4.79 Å². The van der Waals surface area contributed by atoms with Gasteiger partial charge in [-0.3, -0.25) is 0 Å². The van der Waals surface area contributed by atoms with Crippen molar-refractivity contribution in [2.24, 2.45) is 5.92 Å². The lowest BCUT2D eigenvalue weighted by Gasteiger charge is -2.07. The molecule has 0 saturated heterocycles. The van der Waals surface area contributed by atoms with E-state index in [0.717, 1.165) is 19.3 Å². The number of hydrogen-bond donors (Lipinski definition) is 0. The smallest absolute Gasteiger partial charge is 0.330 e. The molecule has 0 aliphatic heterocycles. The summed E-state index contributed by atoms with van der Waals surface area (Å²) in [5, 5.41) is 0. The van der Waals surface area contributed by atoms with Gasteiger partial charge in [0.15, 0.2) is 0 Å². The van der Waals surface area contributed by atoms with Crippen LogP contribution in [0.2, 0.25) is 0 Å². The molecule has 0 saturated carbocycles. The lowest BCUT2D eigenvalue weighted by atomic mass is 10.0. The van der Waals surface area contributed by atoms with Crippen molar-refractivity contribution < 1.29 is 9.53 Å². The third-order valence-electron chi connectivity index (χ3n) is 1.75. The third kappa shape index (κ3) is 5.96. The molecular formula is C10H17O2. The standard InChI is InChI=1S/C10H17O2/c1-4-9(3)7-6-8-12-10(11)5-2/h5,9H,1-2,4,6-8H2,3H3. The van der Waals surface area contributed by atoms with Gasteiger partial charge in [-0.1, -0.05) is 26.8 Å². The van der Waals surface area contributed by atoms with Gasteiger partial charge in [-0.2, -0.15) is 0 Å². The normalized spacial score (nSPS) is 12.2. The summed E-state index contributed by atoms with van der Waals surface area (Å²) < 4.78 is 4.81. The van der Waals surface area contributed by atoms with Crippen LogP contribution >= 0.6 is 0 Å². The van der Waals surface area contributed by atoms with E-state index in [1.807, 2.05) is 0 Å². The van der Waals surface area contributed by atoms with E-state index in [0.29, 0.717) is 12.5 Å². The Morgan fingerprint density at radius 3 is 2.83 bits per heavy atom. The number of esters is 1. The van der Waals surface area contributed by atoms with Gasteiger partial charge in [-0.05, 0) is 18.8 Å². The van der Waals surface area contributed by atoms with E-state index in [2.05, 4.69) is 20.4 Å². The molecule has 0 amide bonds. The molecule has 0 aliphatic rings. The van der Waals surface area contributed by atoms with Crippen molar-refractivity contribution in [2.75, 3.05) is 6.61 Å². The average Bonchev–Trinajstić information content (AvgIpc) is 2.11. The monoisotopic (exact) mass is 169 g/mol.